The molecular weight excluding hydrogens is 359 g/mol. The van der Waals surface area contributed by atoms with Crippen molar-refractivity contribution >= 4 is 17.1 Å². The van der Waals surface area contributed by atoms with Crippen molar-refractivity contribution in [2.45, 2.75) is 0 Å². The average Bonchev–Trinajstić information content (AvgIpc) is 2.55. The SMILES string of the molecule is N#Cc1c(F)ccc([N+](=O)[O-])c1F.N#Cc1c(F)ccc([N+](=O)[O-])c1N. The summed E-state index contributed by atoms with van der Waals surface area (Å²) < 4.78 is 38.3. The molecule has 132 valence electrons. The Hall–Kier alpha value is -4.19. The maximum absolute atomic E-state index is 12.9. The highest BCUT2D eigenvalue weighted by molar-refractivity contribution is 5.67. The number of halogens is 3. The minimum Gasteiger partial charge on any atom is -0.392 e. The van der Waals surface area contributed by atoms with E-state index in [1.54, 1.807) is 0 Å². The van der Waals surface area contributed by atoms with Crippen molar-refractivity contribution in [1.82, 2.24) is 0 Å². The topological polar surface area (TPSA) is 160 Å². The van der Waals surface area contributed by atoms with E-state index >= 15 is 0 Å². The number of nitro groups is 2. The Labute approximate surface area is 142 Å². The molecule has 0 spiro atoms. The minimum atomic E-state index is -1.44. The van der Waals surface area contributed by atoms with E-state index in [1.165, 1.54) is 12.1 Å². The van der Waals surface area contributed by atoms with E-state index in [4.69, 9.17) is 16.3 Å². The quantitative estimate of drug-likeness (QED) is 0.486. The number of rotatable bonds is 2. The number of nitro benzene ring substituents is 2. The van der Waals surface area contributed by atoms with E-state index in [-0.39, 0.29) is 0 Å². The van der Waals surface area contributed by atoms with Crippen molar-refractivity contribution < 1.29 is 23.0 Å². The molecule has 2 aromatic rings. The molecule has 0 bridgehead atoms. The van der Waals surface area contributed by atoms with E-state index in [0.29, 0.717) is 12.1 Å². The number of hydrogen-bond acceptors (Lipinski definition) is 7. The number of benzene rings is 2. The molecule has 0 saturated carbocycles. The third kappa shape index (κ3) is 4.01. The lowest BCUT2D eigenvalue weighted by molar-refractivity contribution is -0.387. The predicted octanol–water partition coefficient (Wildman–Crippen LogP) is 2.93. The fraction of sp³-hybridized carbons (Fsp3) is 0. The molecule has 0 saturated heterocycles. The van der Waals surface area contributed by atoms with E-state index in [1.807, 2.05) is 0 Å². The summed E-state index contributed by atoms with van der Waals surface area (Å²) in [7, 11) is 0. The first kappa shape index (κ1) is 19.9. The number of nitrogen functional groups attached to an aromatic ring is 1. The van der Waals surface area contributed by atoms with Gasteiger partial charge in [0.1, 0.15) is 40.6 Å². The number of nitrogens with zero attached hydrogens (tertiary/aromatic N) is 4. The molecule has 2 N–H and O–H groups in total. The van der Waals surface area contributed by atoms with Crippen LogP contribution in [0.15, 0.2) is 24.3 Å². The molecule has 0 unspecified atom stereocenters. The number of nitrogens with two attached hydrogens (primary N) is 1. The van der Waals surface area contributed by atoms with Crippen LogP contribution in [0.2, 0.25) is 0 Å². The lowest BCUT2D eigenvalue weighted by Gasteiger charge is -1.99. The molecule has 0 aliphatic carbocycles. The molecule has 9 nitrogen and oxygen atoms in total. The summed E-state index contributed by atoms with van der Waals surface area (Å²) in [6.45, 7) is 0. The van der Waals surface area contributed by atoms with Gasteiger partial charge >= 0.3 is 5.69 Å². The van der Waals surface area contributed by atoms with E-state index in [2.05, 4.69) is 0 Å². The standard InChI is InChI=1S/C7H2F2N2O2.C7H4FN3O2/c8-5-1-2-6(11(12)13)7(9)4(5)3-10;8-5-1-2-6(11(12)13)7(10)4(5)3-9/h1-2H;1-2H,10H2. The molecule has 0 radical (unpaired) electrons. The first-order valence-corrected chi connectivity index (χ1v) is 6.30. The minimum absolute atomic E-state index is 0.437. The molecule has 0 atom stereocenters. The maximum atomic E-state index is 12.9. The van der Waals surface area contributed by atoms with Gasteiger partial charge < -0.3 is 5.73 Å². The zero-order valence-corrected chi connectivity index (χ0v) is 12.4. The summed E-state index contributed by atoms with van der Waals surface area (Å²) >= 11 is 0. The lowest BCUT2D eigenvalue weighted by atomic mass is 10.1. The number of hydrogen-bond donors (Lipinski definition) is 1. The predicted molar refractivity (Wildman–Crippen MR) is 79.9 cm³/mol. The molecule has 2 rings (SSSR count). The Balaban J connectivity index is 0.000000260. The van der Waals surface area contributed by atoms with Crippen molar-refractivity contribution in [3.63, 3.8) is 0 Å². The molecule has 0 aliphatic rings. The Morgan fingerprint density at radius 3 is 1.69 bits per heavy atom. The van der Waals surface area contributed by atoms with Gasteiger partial charge in [0, 0.05) is 12.1 Å². The second-order valence-electron chi connectivity index (χ2n) is 4.35. The summed E-state index contributed by atoms with van der Waals surface area (Å²) in [5, 5.41) is 37.1. The molecule has 0 aromatic heterocycles. The number of nitriles is 2. The molecule has 12 heteroatoms. The fourth-order valence-electron chi connectivity index (χ4n) is 1.64. The van der Waals surface area contributed by atoms with E-state index < -0.39 is 55.5 Å². The van der Waals surface area contributed by atoms with Crippen molar-refractivity contribution in [3.05, 3.63) is 73.1 Å². The third-order valence-electron chi connectivity index (χ3n) is 2.86. The van der Waals surface area contributed by atoms with Crippen molar-refractivity contribution in [1.29, 1.82) is 10.5 Å². The highest BCUT2D eigenvalue weighted by atomic mass is 19.1. The van der Waals surface area contributed by atoms with Crippen molar-refractivity contribution in [3.8, 4) is 12.1 Å². The van der Waals surface area contributed by atoms with Gasteiger partial charge in [-0.1, -0.05) is 0 Å². The van der Waals surface area contributed by atoms with Crippen molar-refractivity contribution in [2.75, 3.05) is 5.73 Å². The first-order valence-electron chi connectivity index (χ1n) is 6.30. The van der Waals surface area contributed by atoms with E-state index in [0.717, 1.165) is 12.1 Å². The van der Waals surface area contributed by atoms with Crippen LogP contribution in [0.4, 0.5) is 30.2 Å². The maximum Gasteiger partial charge on any atom is 0.306 e. The Bertz CT molecular complexity index is 903. The first-order chi connectivity index (χ1) is 12.1. The zero-order chi connectivity index (χ0) is 20.0. The summed E-state index contributed by atoms with van der Waals surface area (Å²) in [5.74, 6) is -3.40. The summed E-state index contributed by atoms with van der Waals surface area (Å²) in [5.41, 5.74) is 1.96. The van der Waals surface area contributed by atoms with Crippen LogP contribution in [0, 0.1) is 60.3 Å². The molecule has 0 amide bonds. The Kier molecular flexibility index (Phi) is 6.16. The van der Waals surface area contributed by atoms with Gasteiger partial charge in [-0.2, -0.15) is 14.9 Å². The lowest BCUT2D eigenvalue weighted by Crippen LogP contribution is -2.00. The van der Waals surface area contributed by atoms with Crippen molar-refractivity contribution in [2.24, 2.45) is 0 Å². The van der Waals surface area contributed by atoms with Gasteiger partial charge in [0.2, 0.25) is 5.82 Å². The second kappa shape index (κ2) is 8.07. The monoisotopic (exact) mass is 365 g/mol. The molecule has 2 aromatic carbocycles. The molecule has 26 heavy (non-hydrogen) atoms. The summed E-state index contributed by atoms with van der Waals surface area (Å²) in [6, 6.07) is 5.77. The van der Waals surface area contributed by atoms with Gasteiger partial charge in [-0.15, -0.1) is 0 Å². The Morgan fingerprint density at radius 2 is 1.27 bits per heavy atom. The van der Waals surface area contributed by atoms with Gasteiger partial charge in [0.25, 0.3) is 5.69 Å². The van der Waals surface area contributed by atoms with Crippen LogP contribution in [0.1, 0.15) is 11.1 Å². The van der Waals surface area contributed by atoms with Crippen LogP contribution in [0.3, 0.4) is 0 Å². The van der Waals surface area contributed by atoms with E-state index in [9.17, 15) is 33.4 Å². The van der Waals surface area contributed by atoms with Gasteiger partial charge in [-0.25, -0.2) is 8.78 Å². The molecule has 0 aliphatic heterocycles. The van der Waals surface area contributed by atoms with Crippen LogP contribution in [-0.2, 0) is 0 Å². The largest absolute Gasteiger partial charge is 0.392 e. The van der Waals surface area contributed by atoms with Crippen LogP contribution in [-0.4, -0.2) is 9.85 Å². The Morgan fingerprint density at radius 1 is 0.846 bits per heavy atom. The normalized spacial score (nSPS) is 9.27. The highest BCUT2D eigenvalue weighted by Gasteiger charge is 2.21. The van der Waals surface area contributed by atoms with Gasteiger partial charge in [-0.05, 0) is 12.1 Å². The van der Waals surface area contributed by atoms with Crippen LogP contribution in [0.5, 0.6) is 0 Å². The second-order valence-corrected chi connectivity index (χ2v) is 4.35. The fourth-order valence-corrected chi connectivity index (χ4v) is 1.64. The zero-order valence-electron chi connectivity index (χ0n) is 12.4. The summed E-state index contributed by atoms with van der Waals surface area (Å²) in [4.78, 5) is 18.6. The van der Waals surface area contributed by atoms with Gasteiger partial charge in [0.05, 0.1) is 9.85 Å². The third-order valence-corrected chi connectivity index (χ3v) is 2.86. The van der Waals surface area contributed by atoms with Gasteiger partial charge in [0.15, 0.2) is 0 Å². The molecule has 0 fully saturated rings. The highest BCUT2D eigenvalue weighted by Crippen LogP contribution is 2.26. The van der Waals surface area contributed by atoms with Crippen LogP contribution >= 0.6 is 0 Å². The smallest absolute Gasteiger partial charge is 0.306 e. The number of anilines is 1. The summed E-state index contributed by atoms with van der Waals surface area (Å²) in [6.07, 6.45) is 0. The average molecular weight is 365 g/mol. The molecular formula is C14H6F3N5O4. The van der Waals surface area contributed by atoms with Crippen LogP contribution in [0.25, 0.3) is 0 Å². The van der Waals surface area contributed by atoms with Crippen LogP contribution < -0.4 is 5.73 Å². The van der Waals surface area contributed by atoms with Gasteiger partial charge in [-0.3, -0.25) is 20.2 Å². The molecule has 0 heterocycles.